The molecule has 1 aliphatic rings. The van der Waals surface area contributed by atoms with E-state index in [1.54, 1.807) is 37.4 Å². The van der Waals surface area contributed by atoms with E-state index in [-0.39, 0.29) is 24.4 Å². The first-order valence-electron chi connectivity index (χ1n) is 11.4. The van der Waals surface area contributed by atoms with Crippen molar-refractivity contribution in [3.8, 4) is 17.2 Å². The molecule has 0 saturated heterocycles. The van der Waals surface area contributed by atoms with Crippen molar-refractivity contribution in [1.82, 2.24) is 9.88 Å². The molecule has 0 spiro atoms. The van der Waals surface area contributed by atoms with Crippen LogP contribution in [0.1, 0.15) is 10.4 Å². The van der Waals surface area contributed by atoms with Crippen LogP contribution in [0.4, 0.5) is 5.69 Å². The lowest BCUT2D eigenvalue weighted by Crippen LogP contribution is -2.27. The van der Waals surface area contributed by atoms with Gasteiger partial charge in [-0.3, -0.25) is 9.59 Å². The van der Waals surface area contributed by atoms with E-state index in [2.05, 4.69) is 15.2 Å². The number of benzene rings is 3. The van der Waals surface area contributed by atoms with E-state index in [4.69, 9.17) is 14.2 Å². The number of methoxy groups -OCH3 is 1. The molecule has 0 radical (unpaired) electrons. The normalized spacial score (nSPS) is 11.9. The monoisotopic (exact) mass is 503 g/mol. The van der Waals surface area contributed by atoms with Gasteiger partial charge in [0.2, 0.25) is 12.7 Å². The summed E-state index contributed by atoms with van der Waals surface area (Å²) in [5.41, 5.74) is 2.21. The van der Waals surface area contributed by atoms with Gasteiger partial charge in [0.05, 0.1) is 18.4 Å². The molecule has 0 atom stereocenters. The second-order valence-corrected chi connectivity index (χ2v) is 9.08. The molecular weight excluding hydrogens is 478 g/mol. The highest BCUT2D eigenvalue weighted by molar-refractivity contribution is 8.00. The van der Waals surface area contributed by atoms with Gasteiger partial charge >= 0.3 is 0 Å². The zero-order valence-electron chi connectivity index (χ0n) is 19.7. The molecule has 2 amide bonds. The van der Waals surface area contributed by atoms with E-state index >= 15 is 0 Å². The second kappa shape index (κ2) is 10.7. The minimum Gasteiger partial charge on any atom is -0.496 e. The zero-order chi connectivity index (χ0) is 24.9. The number of aromatic nitrogens is 1. The number of anilines is 1. The number of rotatable bonds is 9. The number of amides is 2. The summed E-state index contributed by atoms with van der Waals surface area (Å²) in [6.07, 6.45) is 2.03. The van der Waals surface area contributed by atoms with Crippen LogP contribution in [0.15, 0.2) is 77.8 Å². The molecule has 9 heteroatoms. The van der Waals surface area contributed by atoms with Gasteiger partial charge in [-0.2, -0.15) is 0 Å². The van der Waals surface area contributed by atoms with Crippen LogP contribution in [0.5, 0.6) is 17.2 Å². The van der Waals surface area contributed by atoms with Crippen LogP contribution in [0, 0.1) is 0 Å². The number of ether oxygens (including phenoxy) is 3. The molecule has 2 heterocycles. The Morgan fingerprint density at radius 2 is 1.83 bits per heavy atom. The molecule has 4 aromatic rings. The van der Waals surface area contributed by atoms with Crippen LogP contribution < -0.4 is 24.8 Å². The maximum absolute atomic E-state index is 12.6. The second-order valence-electron chi connectivity index (χ2n) is 8.06. The van der Waals surface area contributed by atoms with E-state index in [9.17, 15) is 9.59 Å². The Morgan fingerprint density at radius 3 is 2.72 bits per heavy atom. The maximum Gasteiger partial charge on any atom is 0.255 e. The Hall–Kier alpha value is -4.11. The lowest BCUT2D eigenvalue weighted by Gasteiger charge is -2.10. The Kier molecular flexibility index (Phi) is 6.99. The first-order chi connectivity index (χ1) is 17.6. The van der Waals surface area contributed by atoms with Gasteiger partial charge in [-0.25, -0.2) is 0 Å². The Bertz CT molecular complexity index is 1420. The van der Waals surface area contributed by atoms with Gasteiger partial charge in [0.25, 0.3) is 5.91 Å². The SMILES string of the molecule is COc1ccccc1C(=O)NCCn1cc(SCC(=O)Nc2ccc3c(c2)OCO3)c2ccccc21. The van der Waals surface area contributed by atoms with Gasteiger partial charge < -0.3 is 29.4 Å². The Balaban J connectivity index is 1.21. The van der Waals surface area contributed by atoms with Crippen molar-refractivity contribution in [2.75, 3.05) is 31.5 Å². The number of carbonyl (C=O) groups is 2. The molecule has 8 nitrogen and oxygen atoms in total. The highest BCUT2D eigenvalue weighted by Crippen LogP contribution is 2.34. The van der Waals surface area contributed by atoms with Crippen molar-refractivity contribution in [3.05, 3.63) is 78.5 Å². The van der Waals surface area contributed by atoms with Crippen molar-refractivity contribution in [2.24, 2.45) is 0 Å². The summed E-state index contributed by atoms with van der Waals surface area (Å²) >= 11 is 1.47. The number of hydrogen-bond donors (Lipinski definition) is 2. The Morgan fingerprint density at radius 1 is 1.03 bits per heavy atom. The fourth-order valence-corrected chi connectivity index (χ4v) is 4.93. The predicted octanol–water partition coefficient (Wildman–Crippen LogP) is 4.54. The summed E-state index contributed by atoms with van der Waals surface area (Å²) in [7, 11) is 1.55. The quantitative estimate of drug-likeness (QED) is 0.326. The molecule has 36 heavy (non-hydrogen) atoms. The van der Waals surface area contributed by atoms with E-state index < -0.39 is 0 Å². The fraction of sp³-hybridized carbons (Fsp3) is 0.185. The van der Waals surface area contributed by atoms with Crippen LogP contribution >= 0.6 is 11.8 Å². The summed E-state index contributed by atoms with van der Waals surface area (Å²) in [5.74, 6) is 1.81. The molecule has 0 fully saturated rings. The molecule has 3 aromatic carbocycles. The molecule has 184 valence electrons. The molecule has 0 unspecified atom stereocenters. The molecule has 5 rings (SSSR count). The lowest BCUT2D eigenvalue weighted by atomic mass is 10.2. The first kappa shape index (κ1) is 23.6. The smallest absolute Gasteiger partial charge is 0.255 e. The predicted molar refractivity (Wildman–Crippen MR) is 139 cm³/mol. The van der Waals surface area contributed by atoms with E-state index in [1.165, 1.54) is 11.8 Å². The summed E-state index contributed by atoms with van der Waals surface area (Å²) < 4.78 is 18.1. The van der Waals surface area contributed by atoms with E-state index in [0.717, 1.165) is 15.8 Å². The van der Waals surface area contributed by atoms with Crippen molar-refractivity contribution in [1.29, 1.82) is 0 Å². The average molecular weight is 504 g/mol. The average Bonchev–Trinajstić information content (AvgIpc) is 3.52. The maximum atomic E-state index is 12.6. The van der Waals surface area contributed by atoms with Gasteiger partial charge in [-0.1, -0.05) is 30.3 Å². The van der Waals surface area contributed by atoms with Crippen molar-refractivity contribution >= 4 is 40.2 Å². The summed E-state index contributed by atoms with van der Waals surface area (Å²) in [6.45, 7) is 1.23. The fourth-order valence-electron chi connectivity index (χ4n) is 4.05. The summed E-state index contributed by atoms with van der Waals surface area (Å²) in [5, 5.41) is 6.93. The molecular formula is C27H25N3O5S. The largest absolute Gasteiger partial charge is 0.496 e. The molecule has 0 bridgehead atoms. The Labute approximate surface area is 212 Å². The van der Waals surface area contributed by atoms with Gasteiger partial charge in [0.15, 0.2) is 11.5 Å². The van der Waals surface area contributed by atoms with Crippen LogP contribution in [-0.2, 0) is 11.3 Å². The minimum absolute atomic E-state index is 0.111. The minimum atomic E-state index is -0.182. The highest BCUT2D eigenvalue weighted by atomic mass is 32.2. The number of thioether (sulfide) groups is 1. The number of fused-ring (bicyclic) bond motifs is 2. The van der Waals surface area contributed by atoms with Crippen LogP contribution in [0.2, 0.25) is 0 Å². The lowest BCUT2D eigenvalue weighted by molar-refractivity contribution is -0.113. The number of para-hydroxylation sites is 2. The van der Waals surface area contributed by atoms with Crippen molar-refractivity contribution < 1.29 is 23.8 Å². The highest BCUT2D eigenvalue weighted by Gasteiger charge is 2.16. The van der Waals surface area contributed by atoms with Gasteiger partial charge in [0, 0.05) is 46.8 Å². The third-order valence-corrected chi connectivity index (χ3v) is 6.80. The summed E-state index contributed by atoms with van der Waals surface area (Å²) in [4.78, 5) is 26.2. The molecule has 1 aromatic heterocycles. The molecule has 1 aliphatic heterocycles. The van der Waals surface area contributed by atoms with Gasteiger partial charge in [0.1, 0.15) is 5.75 Å². The van der Waals surface area contributed by atoms with Crippen molar-refractivity contribution in [2.45, 2.75) is 11.4 Å². The standard InChI is InChI=1S/C27H25N3O5S/c1-33-22-9-5-3-7-20(22)27(32)28-12-13-30-15-25(19-6-2-4-8-21(19)30)36-16-26(31)29-18-10-11-23-24(14-18)35-17-34-23/h2-11,14-15H,12-13,16-17H2,1H3,(H,28,32)(H,29,31). The topological polar surface area (TPSA) is 90.8 Å². The third kappa shape index (κ3) is 5.11. The van der Waals surface area contributed by atoms with E-state index in [1.807, 2.05) is 42.6 Å². The number of nitrogens with zero attached hydrogens (tertiary/aromatic N) is 1. The third-order valence-electron chi connectivity index (χ3n) is 5.76. The molecule has 2 N–H and O–H groups in total. The van der Waals surface area contributed by atoms with Crippen LogP contribution in [0.3, 0.4) is 0 Å². The molecule has 0 aliphatic carbocycles. The number of nitrogens with one attached hydrogen (secondary N) is 2. The van der Waals surface area contributed by atoms with Gasteiger partial charge in [-0.05, 0) is 30.3 Å². The van der Waals surface area contributed by atoms with Crippen LogP contribution in [0.25, 0.3) is 10.9 Å². The number of hydrogen-bond acceptors (Lipinski definition) is 6. The van der Waals surface area contributed by atoms with E-state index in [0.29, 0.717) is 41.6 Å². The summed E-state index contributed by atoms with van der Waals surface area (Å²) in [6, 6.07) is 20.5. The van der Waals surface area contributed by atoms with Crippen molar-refractivity contribution in [3.63, 3.8) is 0 Å². The van der Waals surface area contributed by atoms with Gasteiger partial charge in [-0.15, -0.1) is 11.8 Å². The molecule has 0 saturated carbocycles. The van der Waals surface area contributed by atoms with Crippen LogP contribution in [-0.4, -0.2) is 42.6 Å². The number of carbonyl (C=O) groups excluding carboxylic acids is 2. The zero-order valence-corrected chi connectivity index (χ0v) is 20.5. The first-order valence-corrected chi connectivity index (χ1v) is 12.4.